The van der Waals surface area contributed by atoms with E-state index in [2.05, 4.69) is 24.0 Å². The summed E-state index contributed by atoms with van der Waals surface area (Å²) in [4.78, 5) is 6.20. The molecule has 2 aromatic rings. The second-order valence-electron chi connectivity index (χ2n) is 4.42. The number of nitrogens with zero attached hydrogens (tertiary/aromatic N) is 1. The lowest BCUT2D eigenvalue weighted by Crippen LogP contribution is -2.21. The number of aromatic nitrogens is 1. The molecule has 0 fully saturated rings. The van der Waals surface area contributed by atoms with Crippen LogP contribution in [-0.4, -0.2) is 11.0 Å². The van der Waals surface area contributed by atoms with Gasteiger partial charge in [0.2, 0.25) is 0 Å². The Bertz CT molecular complexity index is 531. The van der Waals surface area contributed by atoms with Gasteiger partial charge in [-0.1, -0.05) is 36.4 Å². The van der Waals surface area contributed by atoms with E-state index in [9.17, 15) is 0 Å². The highest BCUT2D eigenvalue weighted by Gasteiger charge is 2.06. The highest BCUT2D eigenvalue weighted by atomic mass is 35.5. The highest BCUT2D eigenvalue weighted by Crippen LogP contribution is 2.33. The molecule has 2 N–H and O–H groups in total. The lowest BCUT2D eigenvalue weighted by Gasteiger charge is -2.10. The van der Waals surface area contributed by atoms with Crippen molar-refractivity contribution in [2.24, 2.45) is 5.73 Å². The molecule has 1 unspecified atom stereocenters. The molecule has 1 aromatic heterocycles. The number of pyridine rings is 1. The highest BCUT2D eigenvalue weighted by molar-refractivity contribution is 7.99. The topological polar surface area (TPSA) is 38.9 Å². The van der Waals surface area contributed by atoms with Crippen LogP contribution in [0.4, 0.5) is 0 Å². The fraction of sp³-hybridized carbons (Fsp3) is 0.267. The van der Waals surface area contributed by atoms with Crippen molar-refractivity contribution in [1.82, 2.24) is 4.98 Å². The maximum Gasteiger partial charge on any atom is 0.0548 e. The molecule has 2 rings (SSSR count). The Morgan fingerprint density at radius 1 is 1.26 bits per heavy atom. The lowest BCUT2D eigenvalue weighted by atomic mass is 10.1. The molecule has 0 aliphatic heterocycles. The van der Waals surface area contributed by atoms with E-state index in [0.29, 0.717) is 0 Å². The molecule has 0 bridgehead atoms. The summed E-state index contributed by atoms with van der Waals surface area (Å²) in [6.07, 6.45) is 5.41. The van der Waals surface area contributed by atoms with Gasteiger partial charge in [-0.05, 0) is 42.7 Å². The molecular formula is C15H17ClN2S. The van der Waals surface area contributed by atoms with Crippen molar-refractivity contribution in [2.75, 3.05) is 0 Å². The third-order valence-corrected chi connectivity index (χ3v) is 4.40. The molecule has 0 radical (unpaired) electrons. The Kier molecular flexibility index (Phi) is 5.25. The second-order valence-corrected chi connectivity index (χ2v) is 5.94. The zero-order chi connectivity index (χ0) is 13.7. The van der Waals surface area contributed by atoms with E-state index in [4.69, 9.17) is 17.3 Å². The molecule has 100 valence electrons. The molecule has 0 saturated heterocycles. The maximum atomic E-state index is 6.33. The van der Waals surface area contributed by atoms with Crippen LogP contribution in [-0.2, 0) is 6.42 Å². The molecule has 0 saturated carbocycles. The SMILES string of the molecule is CCC(N)Cc1ccc(Sc2ccncc2)c(Cl)c1. The predicted octanol–water partition coefficient (Wildman–Crippen LogP) is 4.17. The summed E-state index contributed by atoms with van der Waals surface area (Å²) in [5.41, 5.74) is 7.15. The minimum absolute atomic E-state index is 0.203. The average Bonchev–Trinajstić information content (AvgIpc) is 2.43. The molecule has 4 heteroatoms. The summed E-state index contributed by atoms with van der Waals surface area (Å²) in [7, 11) is 0. The van der Waals surface area contributed by atoms with E-state index in [0.717, 1.165) is 27.7 Å². The Hall–Kier alpha value is -1.03. The van der Waals surface area contributed by atoms with Crippen LogP contribution in [0.2, 0.25) is 5.02 Å². The lowest BCUT2D eigenvalue weighted by molar-refractivity contribution is 0.646. The summed E-state index contributed by atoms with van der Waals surface area (Å²) in [6, 6.07) is 10.3. The zero-order valence-corrected chi connectivity index (χ0v) is 12.4. The molecule has 19 heavy (non-hydrogen) atoms. The first-order chi connectivity index (χ1) is 9.19. The first kappa shape index (κ1) is 14.4. The minimum Gasteiger partial charge on any atom is -0.327 e. The summed E-state index contributed by atoms with van der Waals surface area (Å²) < 4.78 is 0. The molecule has 0 spiro atoms. The molecular weight excluding hydrogens is 276 g/mol. The molecule has 1 heterocycles. The van der Waals surface area contributed by atoms with E-state index >= 15 is 0 Å². The van der Waals surface area contributed by atoms with Gasteiger partial charge in [0.1, 0.15) is 0 Å². The van der Waals surface area contributed by atoms with Gasteiger partial charge in [0.05, 0.1) is 5.02 Å². The summed E-state index contributed by atoms with van der Waals surface area (Å²) in [6.45, 7) is 2.10. The van der Waals surface area contributed by atoms with E-state index in [1.807, 2.05) is 18.2 Å². The van der Waals surface area contributed by atoms with Crippen molar-refractivity contribution in [3.05, 3.63) is 53.3 Å². The van der Waals surface area contributed by atoms with Gasteiger partial charge in [0, 0.05) is 28.2 Å². The number of hydrogen-bond acceptors (Lipinski definition) is 3. The fourth-order valence-corrected chi connectivity index (χ4v) is 2.86. The van der Waals surface area contributed by atoms with Crippen LogP contribution in [0, 0.1) is 0 Å². The number of benzene rings is 1. The van der Waals surface area contributed by atoms with E-state index in [1.54, 1.807) is 24.2 Å². The molecule has 2 nitrogen and oxygen atoms in total. The first-order valence-corrected chi connectivity index (χ1v) is 7.50. The average molecular weight is 293 g/mol. The fourth-order valence-electron chi connectivity index (χ4n) is 1.73. The van der Waals surface area contributed by atoms with Gasteiger partial charge in [-0.2, -0.15) is 0 Å². The molecule has 0 aliphatic rings. The maximum absolute atomic E-state index is 6.33. The Morgan fingerprint density at radius 3 is 2.63 bits per heavy atom. The third-order valence-electron chi connectivity index (χ3n) is 2.90. The van der Waals surface area contributed by atoms with Gasteiger partial charge in [0.25, 0.3) is 0 Å². The van der Waals surface area contributed by atoms with Crippen LogP contribution in [0.25, 0.3) is 0 Å². The number of nitrogens with two attached hydrogens (primary N) is 1. The van der Waals surface area contributed by atoms with Crippen LogP contribution >= 0.6 is 23.4 Å². The van der Waals surface area contributed by atoms with Crippen molar-refractivity contribution < 1.29 is 0 Å². The van der Waals surface area contributed by atoms with E-state index < -0.39 is 0 Å². The molecule has 0 aliphatic carbocycles. The first-order valence-electron chi connectivity index (χ1n) is 6.31. The molecule has 0 amide bonds. The summed E-state index contributed by atoms with van der Waals surface area (Å²) >= 11 is 7.97. The number of rotatable bonds is 5. The van der Waals surface area contributed by atoms with E-state index in [-0.39, 0.29) is 6.04 Å². The predicted molar refractivity (Wildman–Crippen MR) is 81.8 cm³/mol. The second kappa shape index (κ2) is 6.94. The quantitative estimate of drug-likeness (QED) is 0.899. The van der Waals surface area contributed by atoms with Gasteiger partial charge in [0.15, 0.2) is 0 Å². The number of halogens is 1. The standard InChI is InChI=1S/C15H17ClN2S/c1-2-12(17)9-11-3-4-15(14(16)10-11)19-13-5-7-18-8-6-13/h3-8,10,12H,2,9,17H2,1H3. The van der Waals surface area contributed by atoms with Crippen LogP contribution in [0.3, 0.4) is 0 Å². The third kappa shape index (κ3) is 4.23. The van der Waals surface area contributed by atoms with Crippen LogP contribution in [0.5, 0.6) is 0 Å². The van der Waals surface area contributed by atoms with Crippen LogP contribution < -0.4 is 5.73 Å². The van der Waals surface area contributed by atoms with Gasteiger partial charge >= 0.3 is 0 Å². The molecule has 1 aromatic carbocycles. The molecule has 1 atom stereocenters. The summed E-state index contributed by atoms with van der Waals surface area (Å²) in [5, 5.41) is 0.780. The Morgan fingerprint density at radius 2 is 2.00 bits per heavy atom. The monoisotopic (exact) mass is 292 g/mol. The van der Waals surface area contributed by atoms with Gasteiger partial charge in [-0.3, -0.25) is 4.98 Å². The Balaban J connectivity index is 2.11. The van der Waals surface area contributed by atoms with Crippen molar-refractivity contribution >= 4 is 23.4 Å². The number of hydrogen-bond donors (Lipinski definition) is 1. The van der Waals surface area contributed by atoms with Gasteiger partial charge in [-0.25, -0.2) is 0 Å². The summed E-state index contributed by atoms with van der Waals surface area (Å²) in [5.74, 6) is 0. The normalized spacial score (nSPS) is 12.4. The zero-order valence-electron chi connectivity index (χ0n) is 10.8. The van der Waals surface area contributed by atoms with Gasteiger partial charge in [-0.15, -0.1) is 0 Å². The largest absolute Gasteiger partial charge is 0.327 e. The van der Waals surface area contributed by atoms with Crippen LogP contribution in [0.1, 0.15) is 18.9 Å². The van der Waals surface area contributed by atoms with E-state index in [1.165, 1.54) is 5.56 Å². The van der Waals surface area contributed by atoms with Crippen molar-refractivity contribution in [2.45, 2.75) is 35.6 Å². The Labute approximate surface area is 123 Å². The van der Waals surface area contributed by atoms with Gasteiger partial charge < -0.3 is 5.73 Å². The van der Waals surface area contributed by atoms with Crippen molar-refractivity contribution in [1.29, 1.82) is 0 Å². The minimum atomic E-state index is 0.203. The van der Waals surface area contributed by atoms with Crippen molar-refractivity contribution in [3.63, 3.8) is 0 Å². The smallest absolute Gasteiger partial charge is 0.0548 e. The van der Waals surface area contributed by atoms with Crippen molar-refractivity contribution in [3.8, 4) is 0 Å². The van der Waals surface area contributed by atoms with Crippen LogP contribution in [0.15, 0.2) is 52.5 Å².